The van der Waals surface area contributed by atoms with Crippen LogP contribution in [0.25, 0.3) is 0 Å². The fourth-order valence-corrected chi connectivity index (χ4v) is 2.20. The molecule has 0 unspecified atom stereocenters. The summed E-state index contributed by atoms with van der Waals surface area (Å²) in [5, 5.41) is 20.1. The Morgan fingerprint density at radius 3 is 1.04 bits per heavy atom. The van der Waals surface area contributed by atoms with Crippen molar-refractivity contribution in [2.45, 2.75) is 106 Å². The Balaban J connectivity index is -0.000000173. The van der Waals surface area contributed by atoms with Crippen molar-refractivity contribution >= 4 is 11.9 Å². The number of carbonyl (C=O) groups is 2. The van der Waals surface area contributed by atoms with Gasteiger partial charge in [-0.3, -0.25) is 0 Å². The Kier molecular flexibility index (Phi) is 24.5. The third-order valence-electron chi connectivity index (χ3n) is 3.62. The molecule has 0 aromatic heterocycles. The molecule has 0 aromatic rings. The Hall–Kier alpha value is 0.421. The molecule has 0 atom stereocenters. The van der Waals surface area contributed by atoms with Crippen molar-refractivity contribution in [2.24, 2.45) is 10.8 Å². The topological polar surface area (TPSA) is 80.3 Å². The molecule has 0 heterocycles. The third kappa shape index (κ3) is 39.5. The largest absolute Gasteiger partial charge is 1.00 e. The van der Waals surface area contributed by atoms with E-state index in [-0.39, 0.29) is 57.6 Å². The number of carbonyl (C=O) groups excluding carboxylic acids is 2. The maximum atomic E-state index is 10.0. The summed E-state index contributed by atoms with van der Waals surface area (Å²) >= 11 is 0. The predicted octanol–water partition coefficient (Wildman–Crippen LogP) is 3.46. The second-order valence-electron chi connectivity index (χ2n) is 8.99. The van der Waals surface area contributed by atoms with Crippen LogP contribution in [0.3, 0.4) is 0 Å². The fraction of sp³-hybridized carbons (Fsp3) is 0.900. The standard InChI is InChI=1S/2C10H20O2.2Ag/c2*1-10(2,3)8-6-4-5-7-9(11)12;;/h2*4-8H2,1-3H3,(H,11,12);;/q;;2*+1/p-2. The molecular weight excluding hydrogens is 520 g/mol. The number of rotatable bonds is 10. The summed E-state index contributed by atoms with van der Waals surface area (Å²) in [5.74, 6) is -1.85. The summed E-state index contributed by atoms with van der Waals surface area (Å²) in [4.78, 5) is 20.1. The molecular formula is C20H38Ag2O4. The molecule has 0 aliphatic rings. The van der Waals surface area contributed by atoms with Crippen molar-refractivity contribution in [3.8, 4) is 0 Å². The molecule has 0 spiro atoms. The monoisotopic (exact) mass is 556 g/mol. The molecule has 0 aliphatic heterocycles. The summed E-state index contributed by atoms with van der Waals surface area (Å²) in [7, 11) is 0. The maximum absolute atomic E-state index is 10.0. The van der Waals surface area contributed by atoms with E-state index < -0.39 is 11.9 Å². The van der Waals surface area contributed by atoms with Crippen molar-refractivity contribution in [2.75, 3.05) is 0 Å². The average Bonchev–Trinajstić information content (AvgIpc) is 2.35. The first-order valence-electron chi connectivity index (χ1n) is 9.23. The normalized spacial score (nSPS) is 10.7. The minimum Gasteiger partial charge on any atom is -0.550 e. The van der Waals surface area contributed by atoms with E-state index in [9.17, 15) is 19.8 Å². The van der Waals surface area contributed by atoms with E-state index in [4.69, 9.17) is 0 Å². The average molecular weight is 558 g/mol. The van der Waals surface area contributed by atoms with Gasteiger partial charge in [0.15, 0.2) is 0 Å². The van der Waals surface area contributed by atoms with Crippen molar-refractivity contribution in [3.05, 3.63) is 0 Å². The van der Waals surface area contributed by atoms with E-state index in [0.717, 1.165) is 38.5 Å². The number of hydrogen-bond donors (Lipinski definition) is 0. The molecule has 0 amide bonds. The van der Waals surface area contributed by atoms with Crippen LogP contribution in [-0.2, 0) is 54.3 Å². The van der Waals surface area contributed by atoms with Crippen molar-refractivity contribution < 1.29 is 64.6 Å². The van der Waals surface area contributed by atoms with Gasteiger partial charge in [-0.25, -0.2) is 0 Å². The minimum absolute atomic E-state index is 0. The fourth-order valence-electron chi connectivity index (χ4n) is 2.20. The number of unbranched alkanes of at least 4 members (excludes halogenated alkanes) is 4. The predicted molar refractivity (Wildman–Crippen MR) is 95.1 cm³/mol. The van der Waals surface area contributed by atoms with Crippen molar-refractivity contribution in [3.63, 3.8) is 0 Å². The zero-order valence-electron chi connectivity index (χ0n) is 17.3. The van der Waals surface area contributed by atoms with Crippen LogP contribution in [-0.4, -0.2) is 11.9 Å². The maximum Gasteiger partial charge on any atom is 1.00 e. The van der Waals surface area contributed by atoms with Crippen LogP contribution in [0, 0.1) is 10.8 Å². The summed E-state index contributed by atoms with van der Waals surface area (Å²) in [6.45, 7) is 13.2. The SMILES string of the molecule is CC(C)(C)CCCCCC(=O)[O-].CC(C)(C)CCCCCC(=O)[O-].[Ag+].[Ag+]. The quantitative estimate of drug-likeness (QED) is 0.304. The van der Waals surface area contributed by atoms with Gasteiger partial charge in [-0.05, 0) is 49.4 Å². The van der Waals surface area contributed by atoms with Crippen LogP contribution in [0.2, 0.25) is 0 Å². The van der Waals surface area contributed by atoms with E-state index in [0.29, 0.717) is 10.8 Å². The molecule has 4 nitrogen and oxygen atoms in total. The Labute approximate surface area is 192 Å². The zero-order chi connectivity index (χ0) is 19.2. The van der Waals surface area contributed by atoms with Crippen LogP contribution in [0.15, 0.2) is 0 Å². The van der Waals surface area contributed by atoms with Crippen LogP contribution in [0.5, 0.6) is 0 Å². The van der Waals surface area contributed by atoms with Gasteiger partial charge in [0.2, 0.25) is 0 Å². The summed E-state index contributed by atoms with van der Waals surface area (Å²) < 4.78 is 0. The smallest absolute Gasteiger partial charge is 0.550 e. The number of carboxylic acid groups (broad SMARTS) is 2. The van der Waals surface area contributed by atoms with E-state index in [1.807, 2.05) is 0 Å². The Bertz CT molecular complexity index is 311. The van der Waals surface area contributed by atoms with E-state index in [1.165, 1.54) is 12.8 Å². The van der Waals surface area contributed by atoms with Gasteiger partial charge in [-0.2, -0.15) is 0 Å². The van der Waals surface area contributed by atoms with Crippen LogP contribution < -0.4 is 10.2 Å². The summed E-state index contributed by atoms with van der Waals surface area (Å²) in [5.41, 5.74) is 0.753. The van der Waals surface area contributed by atoms with Crippen molar-refractivity contribution in [1.29, 1.82) is 0 Å². The first kappa shape index (κ1) is 34.0. The molecule has 0 N–H and O–H groups in total. The van der Waals surface area contributed by atoms with Gasteiger partial charge in [0.25, 0.3) is 0 Å². The first-order chi connectivity index (χ1) is 10.8. The molecule has 0 aromatic carbocycles. The Morgan fingerprint density at radius 2 is 0.846 bits per heavy atom. The van der Waals surface area contributed by atoms with Gasteiger partial charge in [0.05, 0.1) is 0 Å². The second-order valence-corrected chi connectivity index (χ2v) is 8.99. The molecule has 0 saturated carbocycles. The van der Waals surface area contributed by atoms with Crippen LogP contribution in [0.1, 0.15) is 106 Å². The Morgan fingerprint density at radius 1 is 0.577 bits per heavy atom. The first-order valence-corrected chi connectivity index (χ1v) is 9.23. The molecule has 6 heteroatoms. The number of aliphatic carboxylic acids is 2. The summed E-state index contributed by atoms with van der Waals surface area (Å²) in [6.07, 6.45) is 8.54. The van der Waals surface area contributed by atoms with Gasteiger partial charge < -0.3 is 19.8 Å². The van der Waals surface area contributed by atoms with Gasteiger partial charge in [-0.1, -0.05) is 67.2 Å². The van der Waals surface area contributed by atoms with Gasteiger partial charge in [0, 0.05) is 11.9 Å². The van der Waals surface area contributed by atoms with E-state index >= 15 is 0 Å². The van der Waals surface area contributed by atoms with Gasteiger partial charge in [-0.15, -0.1) is 0 Å². The molecule has 0 rings (SSSR count). The number of hydrogen-bond acceptors (Lipinski definition) is 4. The second kappa shape index (κ2) is 18.8. The molecule has 0 aliphatic carbocycles. The van der Waals surface area contributed by atoms with Crippen molar-refractivity contribution in [1.82, 2.24) is 0 Å². The van der Waals surface area contributed by atoms with E-state index in [2.05, 4.69) is 41.5 Å². The molecule has 0 saturated heterocycles. The van der Waals surface area contributed by atoms with Gasteiger partial charge >= 0.3 is 44.8 Å². The summed E-state index contributed by atoms with van der Waals surface area (Å²) in [6, 6.07) is 0. The zero-order valence-corrected chi connectivity index (χ0v) is 20.3. The van der Waals surface area contributed by atoms with Crippen LogP contribution in [0.4, 0.5) is 0 Å². The third-order valence-corrected chi connectivity index (χ3v) is 3.62. The van der Waals surface area contributed by atoms with Gasteiger partial charge in [0.1, 0.15) is 0 Å². The van der Waals surface area contributed by atoms with Crippen LogP contribution >= 0.6 is 0 Å². The molecule has 0 bridgehead atoms. The number of carboxylic acids is 2. The molecule has 26 heavy (non-hydrogen) atoms. The minimum atomic E-state index is -0.925. The molecule has 0 fully saturated rings. The molecule has 0 radical (unpaired) electrons. The van der Waals surface area contributed by atoms with E-state index in [1.54, 1.807) is 0 Å². The molecule has 164 valence electrons.